The van der Waals surface area contributed by atoms with Gasteiger partial charge in [0.05, 0.1) is 0 Å². The maximum absolute atomic E-state index is 13.3. The van der Waals surface area contributed by atoms with Gasteiger partial charge in [-0.3, -0.25) is 5.41 Å². The molecule has 0 spiro atoms. The molecule has 1 aliphatic rings. The first-order valence-corrected chi connectivity index (χ1v) is 7.32. The predicted octanol–water partition coefficient (Wildman–Crippen LogP) is 4.16. The van der Waals surface area contributed by atoms with Crippen molar-refractivity contribution in [2.24, 2.45) is 0 Å². The molecule has 21 heavy (non-hydrogen) atoms. The first-order chi connectivity index (χ1) is 10.1. The summed E-state index contributed by atoms with van der Waals surface area (Å²) in [6.07, 6.45) is 0.989. The van der Waals surface area contributed by atoms with Crippen molar-refractivity contribution in [3.8, 4) is 0 Å². The zero-order valence-electron chi connectivity index (χ0n) is 12.1. The highest BCUT2D eigenvalue weighted by atomic mass is 19.1. The molecule has 0 bridgehead atoms. The van der Waals surface area contributed by atoms with Crippen LogP contribution in [0.2, 0.25) is 0 Å². The van der Waals surface area contributed by atoms with E-state index in [2.05, 4.69) is 31.2 Å². The maximum atomic E-state index is 13.3. The average Bonchev–Trinajstić information content (AvgIpc) is 2.82. The molecule has 2 aromatic carbocycles. The summed E-state index contributed by atoms with van der Waals surface area (Å²) < 4.78 is 13.3. The quantitative estimate of drug-likeness (QED) is 0.895. The average molecular weight is 282 g/mol. The van der Waals surface area contributed by atoms with Crippen LogP contribution in [0.1, 0.15) is 36.0 Å². The number of nitrogens with zero attached hydrogens (tertiary/aromatic N) is 1. The van der Waals surface area contributed by atoms with E-state index in [0.717, 1.165) is 30.6 Å². The third-order valence-electron chi connectivity index (χ3n) is 4.21. The van der Waals surface area contributed by atoms with E-state index < -0.39 is 0 Å². The molecule has 3 heteroatoms. The van der Waals surface area contributed by atoms with Crippen LogP contribution in [0, 0.1) is 11.2 Å². The van der Waals surface area contributed by atoms with Gasteiger partial charge in [0.25, 0.3) is 0 Å². The Hall–Kier alpha value is -2.16. The molecule has 1 N–H and O–H groups in total. The number of fused-ring (bicyclic) bond motifs is 1. The van der Waals surface area contributed by atoms with Crippen LogP contribution in [0.25, 0.3) is 0 Å². The van der Waals surface area contributed by atoms with Crippen LogP contribution in [0.5, 0.6) is 0 Å². The molecular formula is C18H19FN2. The van der Waals surface area contributed by atoms with Gasteiger partial charge in [0, 0.05) is 18.7 Å². The van der Waals surface area contributed by atoms with Gasteiger partial charge in [0.1, 0.15) is 11.7 Å². The molecule has 0 radical (unpaired) electrons. The van der Waals surface area contributed by atoms with Crippen LogP contribution in [0.3, 0.4) is 0 Å². The molecule has 0 fully saturated rings. The number of halogens is 1. The van der Waals surface area contributed by atoms with Crippen molar-refractivity contribution < 1.29 is 4.39 Å². The number of rotatable bonds is 4. The lowest BCUT2D eigenvalue weighted by molar-refractivity contribution is 0.403. The Bertz CT molecular complexity index is 652. The monoisotopic (exact) mass is 282 g/mol. The molecule has 2 nitrogen and oxygen atoms in total. The first-order valence-electron chi connectivity index (χ1n) is 7.32. The Morgan fingerprint density at radius 2 is 1.95 bits per heavy atom. The lowest BCUT2D eigenvalue weighted by Gasteiger charge is -2.20. The van der Waals surface area contributed by atoms with E-state index >= 15 is 0 Å². The van der Waals surface area contributed by atoms with Crippen molar-refractivity contribution in [1.82, 2.24) is 4.90 Å². The standard InChI is InChI=1S/C18H19FN2/c1-13(14-5-3-2-4-6-14)9-10-21-12-15-7-8-16(19)11-17(15)18(21)20/h2-8,11,13,20H,9-10,12H2,1H3. The van der Waals surface area contributed by atoms with Crippen molar-refractivity contribution in [2.75, 3.05) is 6.54 Å². The third-order valence-corrected chi connectivity index (χ3v) is 4.21. The summed E-state index contributed by atoms with van der Waals surface area (Å²) in [5, 5.41) is 8.19. The predicted molar refractivity (Wildman–Crippen MR) is 83.1 cm³/mol. The summed E-state index contributed by atoms with van der Waals surface area (Å²) in [5.41, 5.74) is 3.11. The third kappa shape index (κ3) is 2.82. The van der Waals surface area contributed by atoms with E-state index in [1.54, 1.807) is 6.07 Å². The van der Waals surface area contributed by atoms with Crippen molar-refractivity contribution in [3.63, 3.8) is 0 Å². The highest BCUT2D eigenvalue weighted by molar-refractivity contribution is 6.00. The summed E-state index contributed by atoms with van der Waals surface area (Å²) in [4.78, 5) is 2.03. The van der Waals surface area contributed by atoms with Gasteiger partial charge in [-0.25, -0.2) is 4.39 Å². The number of hydrogen-bond acceptors (Lipinski definition) is 1. The minimum Gasteiger partial charge on any atom is -0.352 e. The van der Waals surface area contributed by atoms with Crippen LogP contribution in [-0.4, -0.2) is 17.3 Å². The molecule has 0 saturated heterocycles. The van der Waals surface area contributed by atoms with Crippen LogP contribution in [-0.2, 0) is 6.54 Å². The van der Waals surface area contributed by atoms with Gasteiger partial charge in [-0.1, -0.05) is 43.3 Å². The molecule has 0 aromatic heterocycles. The van der Waals surface area contributed by atoms with E-state index in [-0.39, 0.29) is 5.82 Å². The van der Waals surface area contributed by atoms with Crippen molar-refractivity contribution in [1.29, 1.82) is 5.41 Å². The number of amidine groups is 1. The maximum Gasteiger partial charge on any atom is 0.128 e. The number of benzene rings is 2. The Morgan fingerprint density at radius 3 is 2.71 bits per heavy atom. The highest BCUT2D eigenvalue weighted by Crippen LogP contribution is 2.26. The Morgan fingerprint density at radius 1 is 1.19 bits per heavy atom. The zero-order chi connectivity index (χ0) is 14.8. The van der Waals surface area contributed by atoms with Gasteiger partial charge in [-0.15, -0.1) is 0 Å². The van der Waals surface area contributed by atoms with Gasteiger partial charge in [-0.2, -0.15) is 0 Å². The van der Waals surface area contributed by atoms with E-state index in [0.29, 0.717) is 11.8 Å². The second-order valence-electron chi connectivity index (χ2n) is 5.67. The van der Waals surface area contributed by atoms with Crippen LogP contribution >= 0.6 is 0 Å². The molecule has 0 saturated carbocycles. The summed E-state index contributed by atoms with van der Waals surface area (Å²) in [6, 6.07) is 15.2. The normalized spacial score (nSPS) is 15.1. The molecule has 0 amide bonds. The van der Waals surface area contributed by atoms with Gasteiger partial charge in [-0.05, 0) is 35.6 Å². The Kier molecular flexibility index (Phi) is 3.74. The van der Waals surface area contributed by atoms with Gasteiger partial charge >= 0.3 is 0 Å². The van der Waals surface area contributed by atoms with Gasteiger partial charge in [0.15, 0.2) is 0 Å². The zero-order valence-corrected chi connectivity index (χ0v) is 12.1. The van der Waals surface area contributed by atoms with Crippen molar-refractivity contribution >= 4 is 5.84 Å². The Labute approximate surface area is 124 Å². The summed E-state index contributed by atoms with van der Waals surface area (Å²) >= 11 is 0. The first kappa shape index (κ1) is 13.8. The molecule has 1 unspecified atom stereocenters. The minimum atomic E-state index is -0.266. The molecule has 2 aromatic rings. The molecular weight excluding hydrogens is 263 g/mol. The fourth-order valence-corrected chi connectivity index (χ4v) is 2.85. The van der Waals surface area contributed by atoms with Crippen LogP contribution in [0.15, 0.2) is 48.5 Å². The summed E-state index contributed by atoms with van der Waals surface area (Å²) in [7, 11) is 0. The highest BCUT2D eigenvalue weighted by Gasteiger charge is 2.24. The fraction of sp³-hybridized carbons (Fsp3) is 0.278. The lowest BCUT2D eigenvalue weighted by Crippen LogP contribution is -2.26. The van der Waals surface area contributed by atoms with Crippen LogP contribution in [0.4, 0.5) is 4.39 Å². The van der Waals surface area contributed by atoms with E-state index in [9.17, 15) is 4.39 Å². The molecule has 108 valence electrons. The van der Waals surface area contributed by atoms with Crippen molar-refractivity contribution in [3.05, 3.63) is 71.0 Å². The van der Waals surface area contributed by atoms with E-state index in [1.807, 2.05) is 11.0 Å². The van der Waals surface area contributed by atoms with E-state index in [1.165, 1.54) is 17.7 Å². The largest absolute Gasteiger partial charge is 0.352 e. The minimum absolute atomic E-state index is 0.266. The van der Waals surface area contributed by atoms with Crippen molar-refractivity contribution in [2.45, 2.75) is 25.8 Å². The molecule has 1 aliphatic heterocycles. The van der Waals surface area contributed by atoms with Crippen LogP contribution < -0.4 is 0 Å². The molecule has 3 rings (SSSR count). The Balaban J connectivity index is 1.64. The SMILES string of the molecule is CC(CCN1Cc2ccc(F)cc2C1=N)c1ccccc1. The molecule has 0 aliphatic carbocycles. The lowest BCUT2D eigenvalue weighted by atomic mass is 9.98. The summed E-state index contributed by atoms with van der Waals surface area (Å²) in [5.74, 6) is 0.641. The number of nitrogens with one attached hydrogen (secondary N) is 1. The summed E-state index contributed by atoms with van der Waals surface area (Å²) in [6.45, 7) is 3.75. The van der Waals surface area contributed by atoms with Gasteiger partial charge < -0.3 is 4.90 Å². The second kappa shape index (κ2) is 5.68. The number of hydrogen-bond donors (Lipinski definition) is 1. The molecule has 1 atom stereocenters. The molecule has 1 heterocycles. The fourth-order valence-electron chi connectivity index (χ4n) is 2.85. The van der Waals surface area contributed by atoms with Gasteiger partial charge in [0.2, 0.25) is 0 Å². The smallest absolute Gasteiger partial charge is 0.128 e. The second-order valence-corrected chi connectivity index (χ2v) is 5.67. The topological polar surface area (TPSA) is 27.1 Å². The van der Waals surface area contributed by atoms with E-state index in [4.69, 9.17) is 5.41 Å².